The second-order valence-electron chi connectivity index (χ2n) is 3.30. The van der Waals surface area contributed by atoms with E-state index in [0.29, 0.717) is 6.04 Å². The van der Waals surface area contributed by atoms with Gasteiger partial charge in [0.15, 0.2) is 0 Å². The number of nitrogens with zero attached hydrogens (tertiary/aromatic N) is 1. The normalized spacial score (nSPS) is 39.3. The molecule has 0 aromatic heterocycles. The van der Waals surface area contributed by atoms with Crippen LogP contribution in [0.1, 0.15) is 6.42 Å². The first kappa shape index (κ1) is 7.90. The highest BCUT2D eigenvalue weighted by atomic mass is 32.2. The Bertz CT molecular complexity index is 117. The molecule has 0 aromatic carbocycles. The van der Waals surface area contributed by atoms with Gasteiger partial charge in [0.2, 0.25) is 0 Å². The molecule has 0 saturated carbocycles. The molecule has 2 aliphatic heterocycles. The van der Waals surface area contributed by atoms with Gasteiger partial charge in [-0.2, -0.15) is 11.8 Å². The van der Waals surface area contributed by atoms with E-state index in [0.717, 1.165) is 25.6 Å². The van der Waals surface area contributed by atoms with E-state index in [1.165, 1.54) is 17.9 Å². The number of thioether (sulfide) groups is 1. The highest BCUT2D eigenvalue weighted by Gasteiger charge is 2.26. The van der Waals surface area contributed by atoms with Gasteiger partial charge < -0.3 is 5.32 Å². The van der Waals surface area contributed by atoms with Crippen molar-refractivity contribution in [3.05, 3.63) is 0 Å². The molecule has 2 fully saturated rings. The lowest BCUT2D eigenvalue weighted by molar-refractivity contribution is 0.324. The molecular weight excluding hydrogens is 156 g/mol. The minimum absolute atomic E-state index is 0.638. The molecule has 2 saturated heterocycles. The number of hydrogen-bond donors (Lipinski definition) is 1. The molecule has 3 heteroatoms. The van der Waals surface area contributed by atoms with E-state index in [1.807, 2.05) is 0 Å². The van der Waals surface area contributed by atoms with Crippen molar-refractivity contribution >= 4 is 11.8 Å². The van der Waals surface area contributed by atoms with Crippen molar-refractivity contribution in [2.75, 3.05) is 31.1 Å². The lowest BCUT2D eigenvalue weighted by Crippen LogP contribution is -2.47. The third-order valence-corrected chi connectivity index (χ3v) is 3.70. The van der Waals surface area contributed by atoms with Crippen molar-refractivity contribution in [2.45, 2.75) is 12.5 Å². The minimum Gasteiger partial charge on any atom is -0.314 e. The smallest absolute Gasteiger partial charge is 0.0407 e. The minimum atomic E-state index is 0.638. The van der Waals surface area contributed by atoms with Crippen LogP contribution in [0.25, 0.3) is 0 Å². The molecule has 0 aliphatic carbocycles. The Labute approximate surface area is 72.5 Å². The average molecular weight is 171 g/mol. The molecule has 2 aliphatic rings. The van der Waals surface area contributed by atoms with E-state index < -0.39 is 0 Å². The van der Waals surface area contributed by atoms with Gasteiger partial charge >= 0.3 is 0 Å². The summed E-state index contributed by atoms with van der Waals surface area (Å²) >= 11 is 2.09. The van der Waals surface area contributed by atoms with Crippen LogP contribution in [0.15, 0.2) is 0 Å². The number of nitrogens with one attached hydrogen (secondary N) is 1. The Morgan fingerprint density at radius 1 is 1.45 bits per heavy atom. The van der Waals surface area contributed by atoms with E-state index in [2.05, 4.69) is 22.4 Å². The summed E-state index contributed by atoms with van der Waals surface area (Å²) < 4.78 is 0. The largest absolute Gasteiger partial charge is 0.314 e. The van der Waals surface area contributed by atoms with Gasteiger partial charge in [0.05, 0.1) is 0 Å². The topological polar surface area (TPSA) is 26.1 Å². The van der Waals surface area contributed by atoms with Gasteiger partial charge in [-0.1, -0.05) is 0 Å². The van der Waals surface area contributed by atoms with Crippen LogP contribution in [0.2, 0.25) is 0 Å². The zero-order chi connectivity index (χ0) is 7.52. The molecule has 0 spiro atoms. The predicted molar refractivity (Wildman–Crippen MR) is 49.1 cm³/mol. The van der Waals surface area contributed by atoms with Gasteiger partial charge in [0.25, 0.3) is 0 Å². The fourth-order valence-electron chi connectivity index (χ4n) is 1.80. The zero-order valence-electron chi connectivity index (χ0n) is 6.75. The van der Waals surface area contributed by atoms with Gasteiger partial charge in [-0.05, 0) is 23.8 Å². The molecule has 0 bridgehead atoms. The average Bonchev–Trinajstić information content (AvgIpc) is 2.58. The standard InChI is InChI=1S/C8H15N2S/c1-4-11-6-7(1)8-5-9-2-3-10-8/h7-9H,1-6H2. The first-order valence-corrected chi connectivity index (χ1v) is 5.57. The molecular formula is C8H15N2S. The third kappa shape index (κ3) is 1.89. The summed E-state index contributed by atoms with van der Waals surface area (Å²) in [4.78, 5) is 0. The van der Waals surface area contributed by atoms with E-state index in [9.17, 15) is 0 Å². The van der Waals surface area contributed by atoms with Gasteiger partial charge in [-0.15, -0.1) is 0 Å². The SMILES string of the molecule is C1CNCC(C2CCSC2)[N]1. The fourth-order valence-corrected chi connectivity index (χ4v) is 3.12. The van der Waals surface area contributed by atoms with Crippen molar-refractivity contribution in [1.82, 2.24) is 10.6 Å². The molecule has 2 atom stereocenters. The summed E-state index contributed by atoms with van der Waals surface area (Å²) in [6, 6.07) is 0.638. The molecule has 2 rings (SSSR count). The second-order valence-corrected chi connectivity index (χ2v) is 4.45. The molecule has 63 valence electrons. The number of piperazine rings is 1. The number of rotatable bonds is 1. The molecule has 2 heterocycles. The van der Waals surface area contributed by atoms with Crippen LogP contribution in [0.3, 0.4) is 0 Å². The summed E-state index contributed by atoms with van der Waals surface area (Å²) in [5.74, 6) is 3.58. The summed E-state index contributed by atoms with van der Waals surface area (Å²) in [6.07, 6.45) is 1.39. The Hall–Kier alpha value is 0.270. The Morgan fingerprint density at radius 2 is 2.45 bits per heavy atom. The molecule has 2 nitrogen and oxygen atoms in total. The number of hydrogen-bond acceptors (Lipinski definition) is 2. The molecule has 11 heavy (non-hydrogen) atoms. The van der Waals surface area contributed by atoms with Gasteiger partial charge in [0, 0.05) is 25.7 Å². The van der Waals surface area contributed by atoms with Crippen molar-refractivity contribution in [3.63, 3.8) is 0 Å². The summed E-state index contributed by atoms with van der Waals surface area (Å²) in [7, 11) is 0. The van der Waals surface area contributed by atoms with Crippen LogP contribution in [-0.4, -0.2) is 37.2 Å². The van der Waals surface area contributed by atoms with Crippen molar-refractivity contribution in [1.29, 1.82) is 0 Å². The Kier molecular flexibility index (Phi) is 2.72. The van der Waals surface area contributed by atoms with E-state index in [1.54, 1.807) is 0 Å². The van der Waals surface area contributed by atoms with Crippen molar-refractivity contribution < 1.29 is 0 Å². The monoisotopic (exact) mass is 171 g/mol. The first-order chi connectivity index (χ1) is 5.47. The van der Waals surface area contributed by atoms with E-state index >= 15 is 0 Å². The summed E-state index contributed by atoms with van der Waals surface area (Å²) in [5.41, 5.74) is 0. The fraction of sp³-hybridized carbons (Fsp3) is 1.00. The Balaban J connectivity index is 1.82. The van der Waals surface area contributed by atoms with Crippen LogP contribution in [-0.2, 0) is 0 Å². The summed E-state index contributed by atoms with van der Waals surface area (Å²) in [6.45, 7) is 3.26. The molecule has 1 N–H and O–H groups in total. The molecule has 1 radical (unpaired) electrons. The third-order valence-electron chi connectivity index (χ3n) is 2.51. The highest BCUT2D eigenvalue weighted by Crippen LogP contribution is 2.26. The van der Waals surface area contributed by atoms with Crippen LogP contribution < -0.4 is 10.6 Å². The maximum atomic E-state index is 4.64. The molecule has 0 aromatic rings. The van der Waals surface area contributed by atoms with Gasteiger partial charge in [-0.25, -0.2) is 5.32 Å². The van der Waals surface area contributed by atoms with Gasteiger partial charge in [0.1, 0.15) is 0 Å². The molecule has 0 amide bonds. The predicted octanol–water partition coefficient (Wildman–Crippen LogP) is 0.316. The van der Waals surface area contributed by atoms with Crippen molar-refractivity contribution in [2.24, 2.45) is 5.92 Å². The van der Waals surface area contributed by atoms with Gasteiger partial charge in [-0.3, -0.25) is 0 Å². The quantitative estimate of drug-likeness (QED) is 0.615. The van der Waals surface area contributed by atoms with Crippen LogP contribution >= 0.6 is 11.8 Å². The first-order valence-electron chi connectivity index (χ1n) is 4.42. The van der Waals surface area contributed by atoms with Crippen LogP contribution in [0.4, 0.5) is 0 Å². The summed E-state index contributed by atoms with van der Waals surface area (Å²) in [5, 5.41) is 8.04. The van der Waals surface area contributed by atoms with E-state index in [-0.39, 0.29) is 0 Å². The lowest BCUT2D eigenvalue weighted by Gasteiger charge is -2.27. The van der Waals surface area contributed by atoms with Crippen LogP contribution in [0, 0.1) is 5.92 Å². The zero-order valence-corrected chi connectivity index (χ0v) is 7.57. The van der Waals surface area contributed by atoms with Crippen LogP contribution in [0.5, 0.6) is 0 Å². The molecule has 2 unspecified atom stereocenters. The maximum Gasteiger partial charge on any atom is 0.0407 e. The van der Waals surface area contributed by atoms with E-state index in [4.69, 9.17) is 0 Å². The second kappa shape index (κ2) is 3.78. The highest BCUT2D eigenvalue weighted by molar-refractivity contribution is 7.99. The maximum absolute atomic E-state index is 4.64. The van der Waals surface area contributed by atoms with Crippen molar-refractivity contribution in [3.8, 4) is 0 Å². The lowest BCUT2D eigenvalue weighted by atomic mass is 9.98. The Morgan fingerprint density at radius 3 is 3.09 bits per heavy atom.